The van der Waals surface area contributed by atoms with Crippen LogP contribution in [0.4, 0.5) is 5.69 Å². The Hall–Kier alpha value is -1.65. The molecule has 1 aliphatic rings. The van der Waals surface area contributed by atoms with Crippen molar-refractivity contribution in [2.45, 2.75) is 33.0 Å². The number of fused-ring (bicyclic) bond motifs is 1. The van der Waals surface area contributed by atoms with Gasteiger partial charge in [0.05, 0.1) is 18.7 Å². The van der Waals surface area contributed by atoms with E-state index in [9.17, 15) is 0 Å². The SMILES string of the molecule is Cc1nc2ccccc2c(NCCC2(C)OCCO2)c1C. The lowest BCUT2D eigenvalue weighted by Crippen LogP contribution is -2.28. The molecule has 0 bridgehead atoms. The van der Waals surface area contributed by atoms with E-state index in [1.54, 1.807) is 0 Å². The molecule has 1 saturated heterocycles. The summed E-state index contributed by atoms with van der Waals surface area (Å²) in [5.41, 5.74) is 4.46. The van der Waals surface area contributed by atoms with E-state index in [0.29, 0.717) is 13.2 Å². The van der Waals surface area contributed by atoms with E-state index in [1.807, 2.05) is 13.0 Å². The van der Waals surface area contributed by atoms with Crippen molar-refractivity contribution in [2.24, 2.45) is 0 Å². The van der Waals surface area contributed by atoms with Crippen LogP contribution in [0.25, 0.3) is 10.9 Å². The standard InChI is InChI=1S/C17H22N2O2/c1-12-13(2)19-15-7-5-4-6-14(15)16(12)18-9-8-17(3)20-10-11-21-17/h4-7H,8-11H2,1-3H3,(H,18,19). The van der Waals surface area contributed by atoms with Crippen molar-refractivity contribution in [2.75, 3.05) is 25.1 Å². The van der Waals surface area contributed by atoms with Gasteiger partial charge in [-0.3, -0.25) is 4.98 Å². The second kappa shape index (κ2) is 5.62. The Morgan fingerprint density at radius 1 is 1.19 bits per heavy atom. The summed E-state index contributed by atoms with van der Waals surface area (Å²) in [5.74, 6) is -0.446. The van der Waals surface area contributed by atoms with Gasteiger partial charge in [0.2, 0.25) is 0 Å². The van der Waals surface area contributed by atoms with Crippen molar-refractivity contribution in [3.63, 3.8) is 0 Å². The van der Waals surface area contributed by atoms with Crippen molar-refractivity contribution >= 4 is 16.6 Å². The molecule has 2 heterocycles. The third-order valence-corrected chi connectivity index (χ3v) is 4.16. The summed E-state index contributed by atoms with van der Waals surface area (Å²) in [6, 6.07) is 8.24. The molecule has 4 nitrogen and oxygen atoms in total. The maximum absolute atomic E-state index is 5.65. The third-order valence-electron chi connectivity index (χ3n) is 4.16. The molecule has 21 heavy (non-hydrogen) atoms. The lowest BCUT2D eigenvalue weighted by atomic mass is 10.1. The maximum atomic E-state index is 5.65. The Balaban J connectivity index is 1.81. The summed E-state index contributed by atoms with van der Waals surface area (Å²) in [5, 5.41) is 4.71. The van der Waals surface area contributed by atoms with Crippen LogP contribution in [0.3, 0.4) is 0 Å². The third kappa shape index (κ3) is 2.87. The lowest BCUT2D eigenvalue weighted by molar-refractivity contribution is -0.144. The Labute approximate surface area is 125 Å². The van der Waals surface area contributed by atoms with Gasteiger partial charge in [-0.2, -0.15) is 0 Å². The van der Waals surface area contributed by atoms with E-state index in [0.717, 1.165) is 24.2 Å². The zero-order chi connectivity index (χ0) is 14.9. The molecule has 3 rings (SSSR count). The summed E-state index contributed by atoms with van der Waals surface area (Å²) in [6.07, 6.45) is 0.822. The normalized spacial score (nSPS) is 17.3. The first-order chi connectivity index (χ1) is 10.1. The number of rotatable bonds is 4. The average molecular weight is 286 g/mol. The van der Waals surface area contributed by atoms with Gasteiger partial charge in [0.25, 0.3) is 0 Å². The number of nitrogens with one attached hydrogen (secondary N) is 1. The zero-order valence-electron chi connectivity index (χ0n) is 12.9. The summed E-state index contributed by atoms with van der Waals surface area (Å²) in [6.45, 7) is 8.35. The number of benzene rings is 1. The number of anilines is 1. The summed E-state index contributed by atoms with van der Waals surface area (Å²) < 4.78 is 11.3. The Morgan fingerprint density at radius 3 is 2.67 bits per heavy atom. The summed E-state index contributed by atoms with van der Waals surface area (Å²) >= 11 is 0. The molecule has 0 amide bonds. The van der Waals surface area contributed by atoms with Gasteiger partial charge in [-0.15, -0.1) is 0 Å². The van der Waals surface area contributed by atoms with Crippen LogP contribution in [0, 0.1) is 13.8 Å². The van der Waals surface area contributed by atoms with Crippen LogP contribution in [0.15, 0.2) is 24.3 Å². The van der Waals surface area contributed by atoms with Crippen molar-refractivity contribution < 1.29 is 9.47 Å². The predicted octanol–water partition coefficient (Wildman–Crippen LogP) is 3.42. The van der Waals surface area contributed by atoms with Crippen LogP contribution in [0.1, 0.15) is 24.6 Å². The molecule has 0 aliphatic carbocycles. The van der Waals surface area contributed by atoms with Gasteiger partial charge in [-0.05, 0) is 32.4 Å². The fourth-order valence-electron chi connectivity index (χ4n) is 2.77. The molecule has 0 spiro atoms. The smallest absolute Gasteiger partial charge is 0.167 e. The van der Waals surface area contributed by atoms with Crippen LogP contribution < -0.4 is 5.32 Å². The van der Waals surface area contributed by atoms with Crippen molar-refractivity contribution in [1.29, 1.82) is 0 Å². The fraction of sp³-hybridized carbons (Fsp3) is 0.471. The molecule has 4 heteroatoms. The summed E-state index contributed by atoms with van der Waals surface area (Å²) in [4.78, 5) is 4.65. The maximum Gasteiger partial charge on any atom is 0.167 e. The molecule has 1 fully saturated rings. The number of para-hydroxylation sites is 1. The quantitative estimate of drug-likeness (QED) is 0.935. The van der Waals surface area contributed by atoms with Gasteiger partial charge < -0.3 is 14.8 Å². The number of ether oxygens (including phenoxy) is 2. The minimum atomic E-state index is -0.446. The highest BCUT2D eigenvalue weighted by Gasteiger charge is 2.30. The molecule has 1 N–H and O–H groups in total. The molecule has 1 aromatic heterocycles. The molecule has 0 saturated carbocycles. The van der Waals surface area contributed by atoms with Gasteiger partial charge in [0.1, 0.15) is 0 Å². The number of nitrogens with zero attached hydrogens (tertiary/aromatic N) is 1. The molecular weight excluding hydrogens is 264 g/mol. The minimum absolute atomic E-state index is 0.446. The first kappa shape index (κ1) is 14.3. The molecule has 1 aliphatic heterocycles. The van der Waals surface area contributed by atoms with E-state index < -0.39 is 5.79 Å². The van der Waals surface area contributed by atoms with Crippen molar-refractivity contribution in [3.8, 4) is 0 Å². The van der Waals surface area contributed by atoms with E-state index in [4.69, 9.17) is 9.47 Å². The van der Waals surface area contributed by atoms with Gasteiger partial charge in [0, 0.05) is 29.7 Å². The van der Waals surface area contributed by atoms with Gasteiger partial charge >= 0.3 is 0 Å². The molecule has 0 radical (unpaired) electrons. The molecule has 0 atom stereocenters. The van der Waals surface area contributed by atoms with Gasteiger partial charge in [-0.1, -0.05) is 18.2 Å². The van der Waals surface area contributed by atoms with Crippen molar-refractivity contribution in [1.82, 2.24) is 4.98 Å². The van der Waals surface area contributed by atoms with Crippen LogP contribution in [0.2, 0.25) is 0 Å². The first-order valence-electron chi connectivity index (χ1n) is 7.47. The molecule has 1 aromatic carbocycles. The van der Waals surface area contributed by atoms with E-state index in [2.05, 4.69) is 42.3 Å². The molecule has 2 aromatic rings. The van der Waals surface area contributed by atoms with Crippen LogP contribution in [-0.4, -0.2) is 30.5 Å². The van der Waals surface area contributed by atoms with Crippen LogP contribution in [-0.2, 0) is 9.47 Å². The predicted molar refractivity (Wildman–Crippen MR) is 84.6 cm³/mol. The molecule has 0 unspecified atom stereocenters. The second-order valence-corrected chi connectivity index (χ2v) is 5.72. The lowest BCUT2D eigenvalue weighted by Gasteiger charge is -2.23. The molecular formula is C17H22N2O2. The highest BCUT2D eigenvalue weighted by molar-refractivity contribution is 5.93. The molecule has 112 valence electrons. The Morgan fingerprint density at radius 2 is 1.90 bits per heavy atom. The topological polar surface area (TPSA) is 43.4 Å². The second-order valence-electron chi connectivity index (χ2n) is 5.72. The van der Waals surface area contributed by atoms with E-state index >= 15 is 0 Å². The van der Waals surface area contributed by atoms with Crippen LogP contribution in [0.5, 0.6) is 0 Å². The highest BCUT2D eigenvalue weighted by Crippen LogP contribution is 2.29. The first-order valence-corrected chi connectivity index (χ1v) is 7.47. The average Bonchev–Trinajstić information content (AvgIpc) is 2.90. The zero-order valence-corrected chi connectivity index (χ0v) is 12.9. The monoisotopic (exact) mass is 286 g/mol. The van der Waals surface area contributed by atoms with Gasteiger partial charge in [-0.25, -0.2) is 0 Å². The Kier molecular flexibility index (Phi) is 3.83. The number of aryl methyl sites for hydroxylation is 1. The Bertz CT molecular complexity index is 649. The number of aromatic nitrogens is 1. The highest BCUT2D eigenvalue weighted by atomic mass is 16.7. The largest absolute Gasteiger partial charge is 0.384 e. The van der Waals surface area contributed by atoms with Crippen LogP contribution >= 0.6 is 0 Å². The fourth-order valence-corrected chi connectivity index (χ4v) is 2.77. The van der Waals surface area contributed by atoms with E-state index in [1.165, 1.54) is 16.6 Å². The van der Waals surface area contributed by atoms with Crippen molar-refractivity contribution in [3.05, 3.63) is 35.5 Å². The number of hydrogen-bond acceptors (Lipinski definition) is 4. The van der Waals surface area contributed by atoms with E-state index in [-0.39, 0.29) is 0 Å². The van der Waals surface area contributed by atoms with Gasteiger partial charge in [0.15, 0.2) is 5.79 Å². The number of pyridine rings is 1. The number of hydrogen-bond donors (Lipinski definition) is 1. The summed E-state index contributed by atoms with van der Waals surface area (Å²) in [7, 11) is 0. The minimum Gasteiger partial charge on any atom is -0.384 e.